The van der Waals surface area contributed by atoms with Crippen molar-refractivity contribution in [1.82, 2.24) is 24.5 Å². The fourth-order valence-corrected chi connectivity index (χ4v) is 4.33. The molecule has 0 radical (unpaired) electrons. The minimum atomic E-state index is -3.57. The second kappa shape index (κ2) is 8.07. The average molecular weight is 414 g/mol. The Morgan fingerprint density at radius 1 is 1.07 bits per heavy atom. The molecule has 0 atom stereocenters. The van der Waals surface area contributed by atoms with Crippen molar-refractivity contribution in [1.29, 1.82) is 0 Å². The van der Waals surface area contributed by atoms with Gasteiger partial charge in [-0.15, -0.1) is 5.10 Å². The number of carbonyl (C=O) groups excluding carboxylic acids is 1. The molecular weight excluding hydrogens is 396 g/mol. The largest absolute Gasteiger partial charge is 0.379 e. The summed E-state index contributed by atoms with van der Waals surface area (Å²) in [5.41, 5.74) is 1.56. The Balaban J connectivity index is 1.48. The molecule has 1 amide bonds. The van der Waals surface area contributed by atoms with Gasteiger partial charge in [-0.2, -0.15) is 4.31 Å². The summed E-state index contributed by atoms with van der Waals surface area (Å²) in [6.07, 6.45) is 1.44. The highest BCUT2D eigenvalue weighted by molar-refractivity contribution is 7.89. The van der Waals surface area contributed by atoms with E-state index in [0.29, 0.717) is 43.2 Å². The fourth-order valence-electron chi connectivity index (χ4n) is 2.92. The monoisotopic (exact) mass is 414 g/mol. The molecule has 29 heavy (non-hydrogen) atoms. The first-order valence-corrected chi connectivity index (χ1v) is 10.3. The Morgan fingerprint density at radius 3 is 2.52 bits per heavy atom. The molecule has 2 aromatic carbocycles. The smallest absolute Gasteiger partial charge is 0.255 e. The zero-order valence-electron chi connectivity index (χ0n) is 15.3. The van der Waals surface area contributed by atoms with E-state index in [0.717, 1.165) is 0 Å². The van der Waals surface area contributed by atoms with Crippen LogP contribution in [0, 0.1) is 0 Å². The predicted molar refractivity (Wildman–Crippen MR) is 103 cm³/mol. The van der Waals surface area contributed by atoms with Crippen molar-refractivity contribution in [3.05, 3.63) is 60.4 Å². The first-order valence-electron chi connectivity index (χ1n) is 8.87. The van der Waals surface area contributed by atoms with E-state index in [2.05, 4.69) is 20.8 Å². The van der Waals surface area contributed by atoms with Gasteiger partial charge in [-0.25, -0.2) is 13.1 Å². The highest BCUT2D eigenvalue weighted by Gasteiger charge is 2.26. The van der Waals surface area contributed by atoms with Gasteiger partial charge in [0.05, 0.1) is 23.8 Å². The number of nitrogens with one attached hydrogen (secondary N) is 1. The highest BCUT2D eigenvalue weighted by atomic mass is 32.2. The Labute approximate surface area is 167 Å². The number of benzene rings is 2. The maximum absolute atomic E-state index is 12.7. The number of aromatic nitrogens is 4. The molecule has 4 rings (SSSR count). The van der Waals surface area contributed by atoms with E-state index in [9.17, 15) is 13.2 Å². The topological polar surface area (TPSA) is 119 Å². The van der Waals surface area contributed by atoms with E-state index >= 15 is 0 Å². The van der Waals surface area contributed by atoms with Gasteiger partial charge < -0.3 is 10.1 Å². The molecule has 1 aliphatic heterocycles. The molecule has 150 valence electrons. The molecule has 1 aromatic heterocycles. The molecule has 0 bridgehead atoms. The number of nitrogens with zero attached hydrogens (tertiary/aromatic N) is 5. The first-order chi connectivity index (χ1) is 14.0. The summed E-state index contributed by atoms with van der Waals surface area (Å²) >= 11 is 0. The number of amides is 1. The zero-order valence-corrected chi connectivity index (χ0v) is 16.1. The van der Waals surface area contributed by atoms with Gasteiger partial charge >= 0.3 is 0 Å². The number of anilines is 1. The Kier molecular flexibility index (Phi) is 5.34. The standard InChI is InChI=1S/C18H18N6O4S/c25-18(14-2-1-3-16(12-14)24-13-19-21-22-24)20-15-4-6-17(7-5-15)29(26,27)23-8-10-28-11-9-23/h1-7,12-13H,8-11H2,(H,20,25). The van der Waals surface area contributed by atoms with Gasteiger partial charge in [0.2, 0.25) is 10.0 Å². The van der Waals surface area contributed by atoms with E-state index in [1.54, 1.807) is 36.4 Å². The number of hydrogen-bond donors (Lipinski definition) is 1. The second-order valence-electron chi connectivity index (χ2n) is 6.30. The predicted octanol–water partition coefficient (Wildman–Crippen LogP) is 0.935. The lowest BCUT2D eigenvalue weighted by Gasteiger charge is -2.26. The van der Waals surface area contributed by atoms with Crippen molar-refractivity contribution in [3.8, 4) is 5.69 Å². The zero-order chi connectivity index (χ0) is 20.3. The third-order valence-corrected chi connectivity index (χ3v) is 6.35. The third-order valence-electron chi connectivity index (χ3n) is 4.44. The maximum atomic E-state index is 12.7. The van der Waals surface area contributed by atoms with Crippen LogP contribution in [0.1, 0.15) is 10.4 Å². The molecule has 1 fully saturated rings. The van der Waals surface area contributed by atoms with Crippen LogP contribution in [0.3, 0.4) is 0 Å². The third kappa shape index (κ3) is 4.16. The number of tetrazole rings is 1. The van der Waals surface area contributed by atoms with E-state index in [1.807, 2.05) is 0 Å². The fraction of sp³-hybridized carbons (Fsp3) is 0.222. The van der Waals surface area contributed by atoms with E-state index in [1.165, 1.54) is 27.4 Å². The van der Waals surface area contributed by atoms with Gasteiger partial charge in [0.25, 0.3) is 5.91 Å². The normalized spacial score (nSPS) is 15.2. The summed E-state index contributed by atoms with van der Waals surface area (Å²) < 4.78 is 33.4. The molecule has 2 heterocycles. The van der Waals surface area contributed by atoms with Crippen molar-refractivity contribution in [2.45, 2.75) is 4.90 Å². The summed E-state index contributed by atoms with van der Waals surface area (Å²) in [5, 5.41) is 13.7. The molecular formula is C18H18N6O4S. The molecule has 0 aliphatic carbocycles. The Hall–Kier alpha value is -3.15. The SMILES string of the molecule is O=C(Nc1ccc(S(=O)(=O)N2CCOCC2)cc1)c1cccc(-n2cnnn2)c1. The number of sulfonamides is 1. The van der Waals surface area contributed by atoms with Gasteiger partial charge in [-0.05, 0) is 52.9 Å². The number of hydrogen-bond acceptors (Lipinski definition) is 7. The van der Waals surface area contributed by atoms with Crippen molar-refractivity contribution in [3.63, 3.8) is 0 Å². The second-order valence-corrected chi connectivity index (χ2v) is 8.24. The van der Waals surface area contributed by atoms with Crippen molar-refractivity contribution >= 4 is 21.6 Å². The average Bonchev–Trinajstić information content (AvgIpc) is 3.30. The summed E-state index contributed by atoms with van der Waals surface area (Å²) in [5.74, 6) is -0.330. The lowest BCUT2D eigenvalue weighted by atomic mass is 10.2. The van der Waals surface area contributed by atoms with Crippen LogP contribution in [0.15, 0.2) is 59.8 Å². The van der Waals surface area contributed by atoms with Crippen molar-refractivity contribution in [2.24, 2.45) is 0 Å². The minimum absolute atomic E-state index is 0.179. The van der Waals surface area contributed by atoms with Gasteiger partial charge in [-0.3, -0.25) is 4.79 Å². The van der Waals surface area contributed by atoms with Crippen LogP contribution in [-0.4, -0.2) is 65.1 Å². The van der Waals surface area contributed by atoms with Gasteiger partial charge in [0.1, 0.15) is 6.33 Å². The molecule has 1 saturated heterocycles. The molecule has 11 heteroatoms. The van der Waals surface area contributed by atoms with Gasteiger partial charge in [0.15, 0.2) is 0 Å². The minimum Gasteiger partial charge on any atom is -0.379 e. The summed E-state index contributed by atoms with van der Waals surface area (Å²) in [7, 11) is -3.57. The van der Waals surface area contributed by atoms with E-state index < -0.39 is 10.0 Å². The highest BCUT2D eigenvalue weighted by Crippen LogP contribution is 2.20. The summed E-state index contributed by atoms with van der Waals surface area (Å²) in [6.45, 7) is 1.44. The van der Waals surface area contributed by atoms with E-state index in [4.69, 9.17) is 4.74 Å². The van der Waals surface area contributed by atoms with Crippen molar-refractivity contribution in [2.75, 3.05) is 31.6 Å². The van der Waals surface area contributed by atoms with Crippen LogP contribution < -0.4 is 5.32 Å². The Morgan fingerprint density at radius 2 is 1.83 bits per heavy atom. The number of morpholine rings is 1. The molecule has 1 aliphatic rings. The molecule has 3 aromatic rings. The maximum Gasteiger partial charge on any atom is 0.255 e. The van der Waals surface area contributed by atoms with Crippen LogP contribution in [0.4, 0.5) is 5.69 Å². The van der Waals surface area contributed by atoms with Crippen LogP contribution >= 0.6 is 0 Å². The quantitative estimate of drug-likeness (QED) is 0.660. The van der Waals surface area contributed by atoms with Crippen molar-refractivity contribution < 1.29 is 17.9 Å². The first kappa shape index (κ1) is 19.2. The Bertz CT molecular complexity index is 1090. The molecule has 0 unspecified atom stereocenters. The van der Waals surface area contributed by atoms with Crippen LogP contribution in [0.25, 0.3) is 5.69 Å². The van der Waals surface area contributed by atoms with Gasteiger partial charge in [-0.1, -0.05) is 6.07 Å². The molecule has 0 saturated carbocycles. The van der Waals surface area contributed by atoms with Crippen LogP contribution in [-0.2, 0) is 14.8 Å². The summed E-state index contributed by atoms with van der Waals surface area (Å²) in [4.78, 5) is 12.7. The number of carbonyl (C=O) groups is 1. The van der Waals surface area contributed by atoms with Gasteiger partial charge in [0, 0.05) is 24.3 Å². The lowest BCUT2D eigenvalue weighted by molar-refractivity contribution is 0.0730. The lowest BCUT2D eigenvalue weighted by Crippen LogP contribution is -2.40. The summed E-state index contributed by atoms with van der Waals surface area (Å²) in [6, 6.07) is 12.9. The molecule has 10 nitrogen and oxygen atoms in total. The number of rotatable bonds is 5. The van der Waals surface area contributed by atoms with E-state index in [-0.39, 0.29) is 10.8 Å². The molecule has 1 N–H and O–H groups in total. The van der Waals surface area contributed by atoms with Crippen LogP contribution in [0.5, 0.6) is 0 Å². The molecule has 0 spiro atoms. The van der Waals surface area contributed by atoms with Crippen LogP contribution in [0.2, 0.25) is 0 Å². The number of ether oxygens (including phenoxy) is 1.